The van der Waals surface area contributed by atoms with Gasteiger partial charge in [-0.3, -0.25) is 4.79 Å². The van der Waals surface area contributed by atoms with Gasteiger partial charge < -0.3 is 5.11 Å². The highest BCUT2D eigenvalue weighted by Crippen LogP contribution is 2.84. The van der Waals surface area contributed by atoms with Crippen molar-refractivity contribution < 1.29 is 9.90 Å². The van der Waals surface area contributed by atoms with Crippen molar-refractivity contribution >= 4 is 5.78 Å². The Labute approximate surface area is 139 Å². The minimum atomic E-state index is -0.506. The first-order chi connectivity index (χ1) is 10.7. The molecule has 2 heteroatoms. The van der Waals surface area contributed by atoms with Gasteiger partial charge >= 0.3 is 0 Å². The van der Waals surface area contributed by atoms with Crippen LogP contribution in [-0.4, -0.2) is 16.5 Å². The fourth-order valence-electron chi connectivity index (χ4n) is 7.55. The standard InChI is InChI=1S/C21H28O2/c1-18-8-6-15(22)10-13(18)4-5-17-16(18)7-9-19(2)20(3,23)11-14-12-21(14,17)19/h4-5,10,14,16-17,23H,6-9,11-12H2,1-3H3/t14-,16+,17-,18+,19-,20+,21+/m1/s1. The van der Waals surface area contributed by atoms with Crippen LogP contribution in [0.3, 0.4) is 0 Å². The lowest BCUT2D eigenvalue weighted by molar-refractivity contribution is -0.130. The molecule has 7 atom stereocenters. The predicted molar refractivity (Wildman–Crippen MR) is 89.7 cm³/mol. The molecule has 3 saturated carbocycles. The van der Waals surface area contributed by atoms with Crippen LogP contribution in [0.15, 0.2) is 23.8 Å². The summed E-state index contributed by atoms with van der Waals surface area (Å²) >= 11 is 0. The molecule has 5 rings (SSSR count). The number of hydrogen-bond acceptors (Lipinski definition) is 2. The van der Waals surface area contributed by atoms with Gasteiger partial charge in [-0.2, -0.15) is 0 Å². The zero-order chi connectivity index (χ0) is 16.3. The number of ketones is 1. The summed E-state index contributed by atoms with van der Waals surface area (Å²) < 4.78 is 0. The number of carbonyl (C=O) groups is 1. The van der Waals surface area contributed by atoms with Crippen molar-refractivity contribution in [1.29, 1.82) is 0 Å². The third-order valence-corrected chi connectivity index (χ3v) is 9.16. The molecule has 0 aliphatic heterocycles. The molecular weight excluding hydrogens is 284 g/mol. The lowest BCUT2D eigenvalue weighted by Gasteiger charge is -2.59. The van der Waals surface area contributed by atoms with Crippen molar-refractivity contribution in [2.24, 2.45) is 34.0 Å². The van der Waals surface area contributed by atoms with E-state index >= 15 is 0 Å². The van der Waals surface area contributed by atoms with Crippen LogP contribution in [0.1, 0.15) is 59.3 Å². The summed E-state index contributed by atoms with van der Waals surface area (Å²) in [7, 11) is 0. The topological polar surface area (TPSA) is 37.3 Å². The fourth-order valence-corrected chi connectivity index (χ4v) is 7.55. The highest BCUT2D eigenvalue weighted by Gasteiger charge is 2.80. The molecule has 5 aliphatic rings. The minimum absolute atomic E-state index is 0.0677. The number of fused-ring (bicyclic) bond motifs is 3. The average molecular weight is 312 g/mol. The number of hydrogen-bond donors (Lipinski definition) is 1. The van der Waals surface area contributed by atoms with Gasteiger partial charge in [0.2, 0.25) is 0 Å². The van der Waals surface area contributed by atoms with E-state index in [1.165, 1.54) is 18.4 Å². The average Bonchev–Trinajstić information content (AvgIpc) is 3.13. The maximum atomic E-state index is 11.9. The third kappa shape index (κ3) is 1.40. The highest BCUT2D eigenvalue weighted by molar-refractivity contribution is 5.92. The molecule has 0 saturated heterocycles. The summed E-state index contributed by atoms with van der Waals surface area (Å²) in [6.45, 7) is 6.85. The van der Waals surface area contributed by atoms with Crippen LogP contribution in [0, 0.1) is 34.0 Å². The van der Waals surface area contributed by atoms with Crippen LogP contribution >= 0.6 is 0 Å². The van der Waals surface area contributed by atoms with E-state index in [1.54, 1.807) is 0 Å². The smallest absolute Gasteiger partial charge is 0.156 e. The van der Waals surface area contributed by atoms with Gasteiger partial charge in [-0.15, -0.1) is 0 Å². The summed E-state index contributed by atoms with van der Waals surface area (Å²) in [6, 6.07) is 0. The Morgan fingerprint density at radius 3 is 2.74 bits per heavy atom. The van der Waals surface area contributed by atoms with E-state index in [0.717, 1.165) is 19.3 Å². The Kier molecular flexibility index (Phi) is 2.42. The molecule has 0 unspecified atom stereocenters. The van der Waals surface area contributed by atoms with Crippen LogP contribution in [0.25, 0.3) is 0 Å². The molecule has 0 aromatic carbocycles. The Morgan fingerprint density at radius 2 is 1.96 bits per heavy atom. The van der Waals surface area contributed by atoms with Crippen molar-refractivity contribution in [3.8, 4) is 0 Å². The van der Waals surface area contributed by atoms with E-state index in [4.69, 9.17) is 0 Å². The Hall–Kier alpha value is -0.890. The van der Waals surface area contributed by atoms with Gasteiger partial charge in [-0.1, -0.05) is 26.0 Å². The summed E-state index contributed by atoms with van der Waals surface area (Å²) in [6.07, 6.45) is 12.9. The Bertz CT molecular complexity index is 671. The van der Waals surface area contributed by atoms with Crippen LogP contribution in [-0.2, 0) is 4.79 Å². The summed E-state index contributed by atoms with van der Waals surface area (Å²) in [4.78, 5) is 11.9. The first-order valence-electron chi connectivity index (χ1n) is 9.40. The molecule has 0 radical (unpaired) electrons. The van der Waals surface area contributed by atoms with Gasteiger partial charge in [0.15, 0.2) is 5.78 Å². The van der Waals surface area contributed by atoms with E-state index in [-0.39, 0.29) is 10.8 Å². The van der Waals surface area contributed by atoms with Crippen molar-refractivity contribution in [3.05, 3.63) is 23.8 Å². The SMILES string of the molecule is C[C@]12CC[C@H]3[C@@H](C=CC4=CC(=O)CC[C@@]43C)[C@@]13C[C@H]3C[C@]2(C)O. The van der Waals surface area contributed by atoms with Crippen molar-refractivity contribution in [2.45, 2.75) is 64.9 Å². The first-order valence-corrected chi connectivity index (χ1v) is 9.40. The monoisotopic (exact) mass is 312 g/mol. The zero-order valence-corrected chi connectivity index (χ0v) is 14.6. The lowest BCUT2D eigenvalue weighted by Crippen LogP contribution is -2.55. The van der Waals surface area contributed by atoms with Crippen molar-refractivity contribution in [3.63, 3.8) is 0 Å². The van der Waals surface area contributed by atoms with Crippen LogP contribution < -0.4 is 0 Å². The fraction of sp³-hybridized carbons (Fsp3) is 0.762. The molecule has 0 heterocycles. The molecule has 1 N–H and O–H groups in total. The molecule has 5 aliphatic carbocycles. The highest BCUT2D eigenvalue weighted by atomic mass is 16.3. The van der Waals surface area contributed by atoms with Gasteiger partial charge in [0, 0.05) is 11.8 Å². The lowest BCUT2D eigenvalue weighted by atomic mass is 9.46. The summed E-state index contributed by atoms with van der Waals surface area (Å²) in [5.74, 6) is 2.25. The van der Waals surface area contributed by atoms with Crippen LogP contribution in [0.4, 0.5) is 0 Å². The van der Waals surface area contributed by atoms with Gasteiger partial charge in [0.1, 0.15) is 0 Å². The quantitative estimate of drug-likeness (QED) is 0.733. The van der Waals surface area contributed by atoms with E-state index in [0.29, 0.717) is 35.4 Å². The molecule has 2 nitrogen and oxygen atoms in total. The third-order valence-electron chi connectivity index (χ3n) is 9.16. The van der Waals surface area contributed by atoms with Gasteiger partial charge in [-0.05, 0) is 79.3 Å². The van der Waals surface area contributed by atoms with Crippen LogP contribution in [0.2, 0.25) is 0 Å². The van der Waals surface area contributed by atoms with Gasteiger partial charge in [0.05, 0.1) is 5.60 Å². The van der Waals surface area contributed by atoms with Gasteiger partial charge in [0.25, 0.3) is 0 Å². The normalized spacial score (nSPS) is 59.6. The van der Waals surface area contributed by atoms with E-state index < -0.39 is 5.60 Å². The molecule has 1 spiro atoms. The zero-order valence-electron chi connectivity index (χ0n) is 14.6. The molecule has 3 fully saturated rings. The summed E-state index contributed by atoms with van der Waals surface area (Å²) in [5.41, 5.74) is 1.33. The second-order valence-electron chi connectivity index (χ2n) is 9.77. The van der Waals surface area contributed by atoms with Crippen molar-refractivity contribution in [2.75, 3.05) is 0 Å². The van der Waals surface area contributed by atoms with E-state index in [1.807, 2.05) is 6.08 Å². The number of carbonyl (C=O) groups excluding carboxylic acids is 1. The molecule has 124 valence electrons. The van der Waals surface area contributed by atoms with E-state index in [9.17, 15) is 9.90 Å². The number of allylic oxidation sites excluding steroid dienone is 4. The Morgan fingerprint density at radius 1 is 1.17 bits per heavy atom. The molecule has 0 bridgehead atoms. The van der Waals surface area contributed by atoms with Crippen LogP contribution in [0.5, 0.6) is 0 Å². The number of aliphatic hydroxyl groups is 1. The molecule has 0 aromatic heterocycles. The largest absolute Gasteiger partial charge is 0.390 e. The minimum Gasteiger partial charge on any atom is -0.390 e. The predicted octanol–water partition coefficient (Wildman–Crippen LogP) is 4.05. The Balaban J connectivity index is 1.63. The molecular formula is C21H28O2. The summed E-state index contributed by atoms with van der Waals surface area (Å²) in [5, 5.41) is 11.1. The molecule has 0 amide bonds. The first kappa shape index (κ1) is 14.5. The number of rotatable bonds is 0. The maximum absolute atomic E-state index is 11.9. The maximum Gasteiger partial charge on any atom is 0.156 e. The molecule has 0 aromatic rings. The van der Waals surface area contributed by atoms with Gasteiger partial charge in [-0.25, -0.2) is 0 Å². The second kappa shape index (κ2) is 3.85. The van der Waals surface area contributed by atoms with Crippen molar-refractivity contribution in [1.82, 2.24) is 0 Å². The molecule has 23 heavy (non-hydrogen) atoms. The second-order valence-corrected chi connectivity index (χ2v) is 9.77. The van der Waals surface area contributed by atoms with E-state index in [2.05, 4.69) is 32.9 Å².